The van der Waals surface area contributed by atoms with Crippen LogP contribution in [0, 0.1) is 39.8 Å². The Morgan fingerprint density at radius 1 is 0.483 bits per heavy atom. The molecule has 0 saturated carbocycles. The topological polar surface area (TPSA) is 56.7 Å². The number of hydrogen-bond donors (Lipinski definition) is 0. The molecular formula is C53H35N5OPd. The van der Waals surface area contributed by atoms with Crippen molar-refractivity contribution in [3.63, 3.8) is 0 Å². The number of ether oxygens (including phenoxy) is 1. The first-order valence-corrected chi connectivity index (χ1v) is 19.9. The minimum Gasteiger partial charge on any atom is -0.497 e. The molecule has 12 aromatic rings. The van der Waals surface area contributed by atoms with Crippen molar-refractivity contribution in [3.8, 4) is 33.8 Å². The third kappa shape index (κ3) is 5.20. The molecule has 0 aliphatic rings. The van der Waals surface area contributed by atoms with Gasteiger partial charge in [-0.25, -0.2) is 0 Å². The van der Waals surface area contributed by atoms with Crippen LogP contribution in [0.15, 0.2) is 140 Å². The molecule has 0 amide bonds. The second-order valence-electron chi connectivity index (χ2n) is 15.7. The van der Waals surface area contributed by atoms with Gasteiger partial charge in [0, 0.05) is 35.0 Å². The minimum atomic E-state index is 0. The summed E-state index contributed by atoms with van der Waals surface area (Å²) in [6, 6.07) is 52.1. The molecule has 0 atom stereocenters. The van der Waals surface area contributed by atoms with E-state index >= 15 is 0 Å². The number of para-hydroxylation sites is 4. The van der Waals surface area contributed by atoms with Gasteiger partial charge in [0.2, 0.25) is 0 Å². The first-order chi connectivity index (χ1) is 28.9. The molecule has 7 aromatic carbocycles. The summed E-state index contributed by atoms with van der Waals surface area (Å²) >= 11 is 0. The van der Waals surface area contributed by atoms with E-state index in [9.17, 15) is 0 Å². The van der Waals surface area contributed by atoms with Crippen LogP contribution in [0.3, 0.4) is 0 Å². The van der Waals surface area contributed by atoms with Gasteiger partial charge < -0.3 is 13.5 Å². The molecule has 7 heteroatoms. The second kappa shape index (κ2) is 13.6. The molecule has 0 bridgehead atoms. The Labute approximate surface area is 359 Å². The van der Waals surface area contributed by atoms with Crippen LogP contribution in [-0.2, 0) is 20.4 Å². The molecule has 0 N–H and O–H groups in total. The van der Waals surface area contributed by atoms with Crippen LogP contribution < -0.4 is 4.74 Å². The van der Waals surface area contributed by atoms with Crippen LogP contribution in [0.5, 0.6) is 11.5 Å². The Morgan fingerprint density at radius 3 is 1.67 bits per heavy atom. The first kappa shape index (κ1) is 36.2. The average molecular weight is 864 g/mol. The predicted molar refractivity (Wildman–Crippen MR) is 241 cm³/mol. The molecule has 0 radical (unpaired) electrons. The summed E-state index contributed by atoms with van der Waals surface area (Å²) in [5.74, 6) is 1.16. The number of benzene rings is 7. The average Bonchev–Trinajstić information content (AvgIpc) is 3.84. The summed E-state index contributed by atoms with van der Waals surface area (Å²) in [6.45, 7) is 8.83. The number of imidazole rings is 2. The molecule has 5 heterocycles. The van der Waals surface area contributed by atoms with Crippen molar-refractivity contribution in [2.24, 2.45) is 0 Å². The van der Waals surface area contributed by atoms with Gasteiger partial charge in [0.15, 0.2) is 0 Å². The predicted octanol–water partition coefficient (Wildman–Crippen LogP) is 13.3. The van der Waals surface area contributed by atoms with Crippen LogP contribution in [0.4, 0.5) is 0 Å². The summed E-state index contributed by atoms with van der Waals surface area (Å²) in [6.07, 6.45) is 3.74. The zero-order valence-electron chi connectivity index (χ0n) is 33.2. The number of aryl methyl sites for hydroxylation is 4. The smallest absolute Gasteiger partial charge is 0.497 e. The van der Waals surface area contributed by atoms with Crippen molar-refractivity contribution in [1.29, 1.82) is 0 Å². The Kier molecular flexibility index (Phi) is 8.19. The maximum absolute atomic E-state index is 6.74. The molecular weight excluding hydrogens is 829 g/mol. The van der Waals surface area contributed by atoms with Crippen molar-refractivity contribution < 1.29 is 25.2 Å². The van der Waals surface area contributed by atoms with Crippen LogP contribution in [-0.4, -0.2) is 23.8 Å². The van der Waals surface area contributed by atoms with E-state index in [4.69, 9.17) is 14.7 Å². The number of nitrogens with zero attached hydrogens (tertiary/aromatic N) is 5. The standard InChI is InChI=1S/C53H35N5O.Pd/c1-30-11-9-12-31(2)48(30)39-23-24-40(49-32(3)13-10-14-33(49)4)51-50(39)38-22-20-35(28-42(38)53-56-44-16-6-8-18-46(44)58(51)53)59-34-19-21-36-37-25-26-54-29-47(37)57-45-17-7-5-15-43(45)55-52(57)41(36)27-34;/h5-26,29H,1-4H3;/q-2;+2. The van der Waals surface area contributed by atoms with Crippen molar-refractivity contribution in [2.75, 3.05) is 0 Å². The van der Waals surface area contributed by atoms with E-state index in [1.807, 2.05) is 42.7 Å². The van der Waals surface area contributed by atoms with Gasteiger partial charge in [-0.3, -0.25) is 15.0 Å². The molecule has 0 aliphatic heterocycles. The summed E-state index contributed by atoms with van der Waals surface area (Å²) in [5.41, 5.74) is 17.4. The maximum atomic E-state index is 6.74. The van der Waals surface area contributed by atoms with Crippen molar-refractivity contribution in [1.82, 2.24) is 23.8 Å². The zero-order chi connectivity index (χ0) is 39.5. The van der Waals surface area contributed by atoms with Gasteiger partial charge >= 0.3 is 20.4 Å². The Morgan fingerprint density at radius 2 is 1.02 bits per heavy atom. The molecule has 60 heavy (non-hydrogen) atoms. The van der Waals surface area contributed by atoms with Crippen LogP contribution in [0.2, 0.25) is 0 Å². The normalized spacial score (nSPS) is 11.9. The van der Waals surface area contributed by atoms with Gasteiger partial charge in [0.25, 0.3) is 0 Å². The Bertz CT molecular complexity index is 3730. The maximum Gasteiger partial charge on any atom is 2.00 e. The van der Waals surface area contributed by atoms with E-state index in [0.717, 1.165) is 76.7 Å². The van der Waals surface area contributed by atoms with E-state index in [0.29, 0.717) is 11.5 Å². The fourth-order valence-electron chi connectivity index (χ4n) is 9.61. The molecule has 0 unspecified atom stereocenters. The molecule has 5 aromatic heterocycles. The number of pyridine rings is 3. The fourth-order valence-corrected chi connectivity index (χ4v) is 9.61. The molecule has 0 aliphatic carbocycles. The van der Waals surface area contributed by atoms with Gasteiger partial charge in [-0.2, -0.15) is 0 Å². The molecule has 0 saturated heterocycles. The Balaban J connectivity index is 0.00000408. The van der Waals surface area contributed by atoms with Gasteiger partial charge in [-0.15, -0.1) is 12.1 Å². The third-order valence-electron chi connectivity index (χ3n) is 12.1. The van der Waals surface area contributed by atoms with Gasteiger partial charge in [-0.05, 0) is 108 Å². The zero-order valence-corrected chi connectivity index (χ0v) is 34.8. The first-order valence-electron chi connectivity index (χ1n) is 19.9. The molecule has 288 valence electrons. The minimum absolute atomic E-state index is 0. The summed E-state index contributed by atoms with van der Waals surface area (Å²) in [4.78, 5) is 14.9. The van der Waals surface area contributed by atoms with Gasteiger partial charge in [0.1, 0.15) is 0 Å². The molecule has 6 nitrogen and oxygen atoms in total. The van der Waals surface area contributed by atoms with Crippen LogP contribution in [0.25, 0.3) is 99.0 Å². The molecule has 0 spiro atoms. The van der Waals surface area contributed by atoms with E-state index in [-0.39, 0.29) is 20.4 Å². The van der Waals surface area contributed by atoms with Crippen molar-refractivity contribution in [3.05, 3.63) is 174 Å². The van der Waals surface area contributed by atoms with E-state index in [1.165, 1.54) is 44.5 Å². The Hall–Kier alpha value is -6.91. The summed E-state index contributed by atoms with van der Waals surface area (Å²) in [5, 5.41) is 6.10. The molecule has 12 rings (SSSR count). The summed E-state index contributed by atoms with van der Waals surface area (Å²) < 4.78 is 11.3. The third-order valence-corrected chi connectivity index (χ3v) is 12.1. The fraction of sp³-hybridized carbons (Fsp3) is 0.0755. The number of rotatable bonds is 4. The van der Waals surface area contributed by atoms with E-state index in [1.54, 1.807) is 0 Å². The van der Waals surface area contributed by atoms with E-state index < -0.39 is 0 Å². The quantitative estimate of drug-likeness (QED) is 0.100. The van der Waals surface area contributed by atoms with Gasteiger partial charge in [-0.1, -0.05) is 119 Å². The van der Waals surface area contributed by atoms with Crippen molar-refractivity contribution >= 4 is 76.7 Å². The van der Waals surface area contributed by atoms with E-state index in [2.05, 4.69) is 151 Å². The molecule has 0 fully saturated rings. The monoisotopic (exact) mass is 863 g/mol. The second-order valence-corrected chi connectivity index (χ2v) is 15.7. The SMILES string of the molecule is Cc1cccc(C)c1-c1ccc(-c2c(C)cccc2C)c2c1c1ccc(Oc3[c-]c4c(cc3)c3ccncc3n3c5ccccc5nc43)[c-]c1c1nc3ccccc3n12.[Pd+2]. The van der Waals surface area contributed by atoms with Crippen LogP contribution >= 0.6 is 0 Å². The van der Waals surface area contributed by atoms with Gasteiger partial charge in [0.05, 0.1) is 38.9 Å². The van der Waals surface area contributed by atoms with Crippen molar-refractivity contribution in [2.45, 2.75) is 27.7 Å². The number of fused-ring (bicyclic) bond motifs is 16. The largest absolute Gasteiger partial charge is 2.00 e. The summed E-state index contributed by atoms with van der Waals surface area (Å²) in [7, 11) is 0. The number of aromatic nitrogens is 5. The van der Waals surface area contributed by atoms with Crippen LogP contribution in [0.1, 0.15) is 22.3 Å². The number of hydrogen-bond acceptors (Lipinski definition) is 4.